The van der Waals surface area contributed by atoms with Gasteiger partial charge in [0, 0.05) is 11.5 Å². The minimum absolute atomic E-state index is 0.155. The average Bonchev–Trinajstić information content (AvgIpc) is 2.94. The molecule has 2 heterocycles. The number of hydrogen-bond donors (Lipinski definition) is 1. The fourth-order valence-corrected chi connectivity index (χ4v) is 1.82. The van der Waals surface area contributed by atoms with Crippen molar-refractivity contribution in [2.24, 2.45) is 0 Å². The van der Waals surface area contributed by atoms with Crippen LogP contribution in [0, 0.1) is 6.92 Å². The average molecular weight is 277 g/mol. The maximum Gasteiger partial charge on any atom is 0.262 e. The van der Waals surface area contributed by atoms with Crippen LogP contribution in [0.15, 0.2) is 15.1 Å². The van der Waals surface area contributed by atoms with E-state index < -0.39 is 0 Å². The number of hydrogen-bond acceptors (Lipinski definition) is 5. The fourth-order valence-electron chi connectivity index (χ4n) is 1.82. The summed E-state index contributed by atoms with van der Waals surface area (Å²) in [7, 11) is 0. The van der Waals surface area contributed by atoms with Crippen molar-refractivity contribution in [3.05, 3.63) is 28.8 Å². The number of aryl methyl sites for hydroxylation is 2. The van der Waals surface area contributed by atoms with Gasteiger partial charge >= 0.3 is 0 Å². The van der Waals surface area contributed by atoms with Gasteiger partial charge < -0.3 is 14.4 Å². The van der Waals surface area contributed by atoms with Crippen molar-refractivity contribution in [3.63, 3.8) is 0 Å². The summed E-state index contributed by atoms with van der Waals surface area (Å²) in [5.41, 5.74) is 0.949. The maximum atomic E-state index is 12.2. The van der Waals surface area contributed by atoms with Gasteiger partial charge in [-0.05, 0) is 13.3 Å². The van der Waals surface area contributed by atoms with Crippen LogP contribution in [0.4, 0.5) is 5.82 Å². The zero-order chi connectivity index (χ0) is 14.9. The molecule has 0 aliphatic heterocycles. The van der Waals surface area contributed by atoms with Crippen molar-refractivity contribution in [2.75, 3.05) is 5.32 Å². The molecule has 20 heavy (non-hydrogen) atoms. The van der Waals surface area contributed by atoms with Crippen LogP contribution in [-0.4, -0.2) is 16.2 Å². The standard InChI is InChI=1S/C14H19N3O3/c1-6-9-12(8(2)19-16-9)13(18)15-11-7-10(20-17-11)14(3,4)5/h7H,6H2,1-5H3,(H,15,17,18). The van der Waals surface area contributed by atoms with E-state index >= 15 is 0 Å². The van der Waals surface area contributed by atoms with E-state index in [-0.39, 0.29) is 11.3 Å². The number of nitrogens with one attached hydrogen (secondary N) is 1. The number of aromatic nitrogens is 2. The van der Waals surface area contributed by atoms with Gasteiger partial charge in [-0.3, -0.25) is 4.79 Å². The van der Waals surface area contributed by atoms with E-state index in [0.717, 1.165) is 0 Å². The summed E-state index contributed by atoms with van der Waals surface area (Å²) >= 11 is 0. The van der Waals surface area contributed by atoms with Crippen LogP contribution >= 0.6 is 0 Å². The summed E-state index contributed by atoms with van der Waals surface area (Å²) in [6, 6.07) is 1.73. The van der Waals surface area contributed by atoms with E-state index in [4.69, 9.17) is 9.05 Å². The summed E-state index contributed by atoms with van der Waals surface area (Å²) < 4.78 is 10.3. The Labute approximate surface area is 117 Å². The number of carbonyl (C=O) groups is 1. The van der Waals surface area contributed by atoms with Crippen LogP contribution in [0.1, 0.15) is 55.3 Å². The monoisotopic (exact) mass is 277 g/mol. The van der Waals surface area contributed by atoms with Gasteiger partial charge in [0.1, 0.15) is 17.1 Å². The van der Waals surface area contributed by atoms with Crippen molar-refractivity contribution in [1.29, 1.82) is 0 Å². The molecule has 2 aromatic rings. The molecule has 1 N–H and O–H groups in total. The lowest BCUT2D eigenvalue weighted by atomic mass is 9.93. The lowest BCUT2D eigenvalue weighted by Crippen LogP contribution is -2.14. The fraction of sp³-hybridized carbons (Fsp3) is 0.500. The Hall–Kier alpha value is -2.11. The quantitative estimate of drug-likeness (QED) is 0.932. The van der Waals surface area contributed by atoms with Crippen molar-refractivity contribution >= 4 is 11.7 Å². The highest BCUT2D eigenvalue weighted by Crippen LogP contribution is 2.25. The van der Waals surface area contributed by atoms with E-state index in [2.05, 4.69) is 15.6 Å². The van der Waals surface area contributed by atoms with Gasteiger partial charge in [0.25, 0.3) is 5.91 Å². The summed E-state index contributed by atoms with van der Waals surface area (Å²) in [6.45, 7) is 9.67. The zero-order valence-electron chi connectivity index (χ0n) is 12.4. The first-order chi connectivity index (χ1) is 9.32. The third-order valence-corrected chi connectivity index (χ3v) is 2.99. The number of anilines is 1. The van der Waals surface area contributed by atoms with Crippen LogP contribution < -0.4 is 5.32 Å². The Bertz CT molecular complexity index is 620. The van der Waals surface area contributed by atoms with Crippen molar-refractivity contribution in [1.82, 2.24) is 10.3 Å². The van der Waals surface area contributed by atoms with Crippen molar-refractivity contribution in [3.8, 4) is 0 Å². The Morgan fingerprint density at radius 2 is 2.00 bits per heavy atom. The molecule has 0 atom stereocenters. The molecule has 0 fully saturated rings. The molecule has 0 unspecified atom stereocenters. The molecule has 0 aliphatic rings. The molecule has 6 heteroatoms. The summed E-state index contributed by atoms with van der Waals surface area (Å²) in [5.74, 6) is 1.32. The second-order valence-electron chi connectivity index (χ2n) is 5.69. The number of nitrogens with zero attached hydrogens (tertiary/aromatic N) is 2. The normalized spacial score (nSPS) is 11.7. The first-order valence-corrected chi connectivity index (χ1v) is 6.56. The smallest absolute Gasteiger partial charge is 0.262 e. The van der Waals surface area contributed by atoms with Crippen LogP contribution in [0.3, 0.4) is 0 Å². The minimum atomic E-state index is -0.283. The predicted molar refractivity (Wildman–Crippen MR) is 73.8 cm³/mol. The van der Waals surface area contributed by atoms with Gasteiger partial charge in [-0.15, -0.1) is 0 Å². The number of rotatable bonds is 3. The number of carbonyl (C=O) groups excluding carboxylic acids is 1. The number of amides is 1. The SMILES string of the molecule is CCc1noc(C)c1C(=O)Nc1cc(C(C)(C)C)on1. The predicted octanol–water partition coefficient (Wildman–Crippen LogP) is 3.08. The van der Waals surface area contributed by atoms with E-state index in [1.165, 1.54) is 0 Å². The highest BCUT2D eigenvalue weighted by molar-refractivity contribution is 6.05. The molecule has 0 bridgehead atoms. The van der Waals surface area contributed by atoms with E-state index in [0.29, 0.717) is 35.0 Å². The molecular formula is C14H19N3O3. The van der Waals surface area contributed by atoms with Gasteiger partial charge in [0.15, 0.2) is 5.82 Å². The summed E-state index contributed by atoms with van der Waals surface area (Å²) in [4.78, 5) is 12.2. The zero-order valence-corrected chi connectivity index (χ0v) is 12.4. The van der Waals surface area contributed by atoms with Gasteiger partial charge in [-0.2, -0.15) is 0 Å². The Morgan fingerprint density at radius 1 is 1.30 bits per heavy atom. The lowest BCUT2D eigenvalue weighted by molar-refractivity contribution is 0.102. The molecule has 0 saturated carbocycles. The molecule has 0 aromatic carbocycles. The third-order valence-electron chi connectivity index (χ3n) is 2.99. The first kappa shape index (κ1) is 14.3. The van der Waals surface area contributed by atoms with E-state index in [1.54, 1.807) is 13.0 Å². The highest BCUT2D eigenvalue weighted by Gasteiger charge is 2.23. The van der Waals surface area contributed by atoms with Crippen molar-refractivity contribution < 1.29 is 13.8 Å². The molecule has 0 spiro atoms. The van der Waals surface area contributed by atoms with Gasteiger partial charge in [0.05, 0.1) is 5.69 Å². The molecule has 0 radical (unpaired) electrons. The largest absolute Gasteiger partial charge is 0.361 e. The van der Waals surface area contributed by atoms with Crippen LogP contribution in [0.25, 0.3) is 0 Å². The molecule has 6 nitrogen and oxygen atoms in total. The molecule has 108 valence electrons. The highest BCUT2D eigenvalue weighted by atomic mass is 16.5. The molecule has 2 aromatic heterocycles. The topological polar surface area (TPSA) is 81.2 Å². The second-order valence-corrected chi connectivity index (χ2v) is 5.69. The van der Waals surface area contributed by atoms with Crippen molar-refractivity contribution in [2.45, 2.75) is 46.5 Å². The molecule has 0 saturated heterocycles. The Balaban J connectivity index is 2.20. The van der Waals surface area contributed by atoms with Crippen LogP contribution in [-0.2, 0) is 11.8 Å². The Morgan fingerprint density at radius 3 is 2.55 bits per heavy atom. The van der Waals surface area contributed by atoms with Crippen LogP contribution in [0.5, 0.6) is 0 Å². The molecule has 0 aliphatic carbocycles. The third kappa shape index (κ3) is 2.74. The maximum absolute atomic E-state index is 12.2. The summed E-state index contributed by atoms with van der Waals surface area (Å²) in [6.07, 6.45) is 0.631. The minimum Gasteiger partial charge on any atom is -0.361 e. The van der Waals surface area contributed by atoms with E-state index in [9.17, 15) is 4.79 Å². The molecule has 2 rings (SSSR count). The second kappa shape index (κ2) is 5.11. The van der Waals surface area contributed by atoms with E-state index in [1.807, 2.05) is 27.7 Å². The van der Waals surface area contributed by atoms with Gasteiger partial charge in [-0.25, -0.2) is 0 Å². The molecule has 1 amide bonds. The Kier molecular flexibility index (Phi) is 3.65. The summed E-state index contributed by atoms with van der Waals surface area (Å²) in [5, 5.41) is 10.4. The molecular weight excluding hydrogens is 258 g/mol. The van der Waals surface area contributed by atoms with Crippen LogP contribution in [0.2, 0.25) is 0 Å². The lowest BCUT2D eigenvalue weighted by Gasteiger charge is -2.12. The first-order valence-electron chi connectivity index (χ1n) is 6.56. The van der Waals surface area contributed by atoms with Gasteiger partial charge in [-0.1, -0.05) is 38.0 Å². The van der Waals surface area contributed by atoms with Gasteiger partial charge in [0.2, 0.25) is 0 Å².